The van der Waals surface area contributed by atoms with Crippen molar-refractivity contribution in [1.29, 1.82) is 0 Å². The van der Waals surface area contributed by atoms with Crippen molar-refractivity contribution in [3.8, 4) is 5.75 Å². The van der Waals surface area contributed by atoms with E-state index in [2.05, 4.69) is 30.9 Å². The molecule has 0 fully saturated rings. The summed E-state index contributed by atoms with van der Waals surface area (Å²) >= 11 is 5.79. The summed E-state index contributed by atoms with van der Waals surface area (Å²) in [6.45, 7) is 2.33. The topological polar surface area (TPSA) is 112 Å². The highest BCUT2D eigenvalue weighted by Crippen LogP contribution is 2.27. The highest BCUT2D eigenvalue weighted by molar-refractivity contribution is 6.32. The van der Waals surface area contributed by atoms with Gasteiger partial charge in [-0.25, -0.2) is 19.7 Å². The molecular weight excluding hydrogens is 344 g/mol. The average Bonchev–Trinajstić information content (AvgIpc) is 2.58. The first kappa shape index (κ1) is 16.7. The van der Waals surface area contributed by atoms with Gasteiger partial charge in [-0.2, -0.15) is 0 Å². The third kappa shape index (κ3) is 4.04. The maximum Gasteiger partial charge on any atom is 0.320 e. The van der Waals surface area contributed by atoms with Gasteiger partial charge in [-0.3, -0.25) is 5.32 Å². The number of phenolic OH excluding ortho intramolecular Hbond substituents is 1. The number of hydrogen-bond donors (Lipinski definition) is 4. The molecule has 0 saturated heterocycles. The maximum absolute atomic E-state index is 11.6. The Kier molecular flexibility index (Phi) is 4.80. The van der Waals surface area contributed by atoms with Gasteiger partial charge in [0.15, 0.2) is 11.5 Å². The fourth-order valence-electron chi connectivity index (χ4n) is 2.09. The van der Waals surface area contributed by atoms with E-state index >= 15 is 0 Å². The summed E-state index contributed by atoms with van der Waals surface area (Å²) < 4.78 is 0. The van der Waals surface area contributed by atoms with E-state index in [1.807, 2.05) is 6.92 Å². The van der Waals surface area contributed by atoms with Crippen LogP contribution in [0.4, 0.5) is 22.1 Å². The third-order valence-corrected chi connectivity index (χ3v) is 3.52. The van der Waals surface area contributed by atoms with Gasteiger partial charge in [-0.15, -0.1) is 0 Å². The molecule has 0 saturated carbocycles. The predicted octanol–water partition coefficient (Wildman–Crippen LogP) is 3.27. The normalized spacial score (nSPS) is 10.5. The fraction of sp³-hybridized carbons (Fsp3) is 0.125. The summed E-state index contributed by atoms with van der Waals surface area (Å²) in [6, 6.07) is 7.92. The first-order valence-electron chi connectivity index (χ1n) is 7.49. The second-order valence-electron chi connectivity index (χ2n) is 5.07. The van der Waals surface area contributed by atoms with E-state index in [1.165, 1.54) is 12.3 Å². The molecule has 0 bridgehead atoms. The molecule has 3 rings (SSSR count). The van der Waals surface area contributed by atoms with Crippen LogP contribution in [0.2, 0.25) is 5.02 Å². The zero-order valence-corrected chi connectivity index (χ0v) is 14.0. The molecule has 8 nitrogen and oxygen atoms in total. The van der Waals surface area contributed by atoms with Crippen LogP contribution >= 0.6 is 11.6 Å². The quantitative estimate of drug-likeness (QED) is 0.569. The monoisotopic (exact) mass is 358 g/mol. The van der Waals surface area contributed by atoms with E-state index in [1.54, 1.807) is 24.3 Å². The van der Waals surface area contributed by atoms with Crippen molar-refractivity contribution in [1.82, 2.24) is 20.3 Å². The van der Waals surface area contributed by atoms with Crippen molar-refractivity contribution in [3.05, 3.63) is 41.6 Å². The van der Waals surface area contributed by atoms with Crippen LogP contribution in [0.1, 0.15) is 6.92 Å². The summed E-state index contributed by atoms with van der Waals surface area (Å²) in [5.74, 6) is 0.784. The number of nitrogens with one attached hydrogen (secondary N) is 3. The molecule has 0 unspecified atom stereocenters. The molecule has 9 heteroatoms. The molecule has 3 aromatic rings. The van der Waals surface area contributed by atoms with Crippen molar-refractivity contribution in [3.63, 3.8) is 0 Å². The first-order chi connectivity index (χ1) is 12.0. The fourth-order valence-corrected chi connectivity index (χ4v) is 2.20. The van der Waals surface area contributed by atoms with Crippen LogP contribution in [0.15, 0.2) is 36.5 Å². The van der Waals surface area contributed by atoms with Crippen LogP contribution < -0.4 is 16.0 Å². The second kappa shape index (κ2) is 7.18. The van der Waals surface area contributed by atoms with Crippen LogP contribution in [-0.4, -0.2) is 32.6 Å². The number of aromatic nitrogens is 3. The van der Waals surface area contributed by atoms with Crippen molar-refractivity contribution >= 4 is 46.1 Å². The van der Waals surface area contributed by atoms with Crippen LogP contribution in [0.3, 0.4) is 0 Å². The molecular formula is C16H15ClN6O2. The van der Waals surface area contributed by atoms with Gasteiger partial charge in [0.2, 0.25) is 0 Å². The van der Waals surface area contributed by atoms with E-state index < -0.39 is 0 Å². The Morgan fingerprint density at radius 2 is 2.00 bits per heavy atom. The number of pyridine rings is 1. The number of benzene rings is 1. The molecule has 128 valence electrons. The van der Waals surface area contributed by atoms with Gasteiger partial charge >= 0.3 is 6.03 Å². The molecule has 2 heterocycles. The number of rotatable bonds is 4. The first-order valence-corrected chi connectivity index (χ1v) is 7.87. The highest BCUT2D eigenvalue weighted by Gasteiger charge is 2.07. The summed E-state index contributed by atoms with van der Waals surface area (Å²) in [5.41, 5.74) is 1.58. The van der Waals surface area contributed by atoms with Crippen molar-refractivity contribution in [2.45, 2.75) is 6.92 Å². The number of fused-ring (bicyclic) bond motifs is 1. The Bertz CT molecular complexity index is 934. The number of nitrogens with zero attached hydrogens (tertiary/aromatic N) is 3. The Hall–Kier alpha value is -3.13. The van der Waals surface area contributed by atoms with Gasteiger partial charge in [0.05, 0.1) is 11.2 Å². The molecule has 2 aromatic heterocycles. The van der Waals surface area contributed by atoms with Gasteiger partial charge in [0.1, 0.15) is 17.1 Å². The van der Waals surface area contributed by atoms with E-state index in [4.69, 9.17) is 11.6 Å². The van der Waals surface area contributed by atoms with E-state index in [0.717, 1.165) is 0 Å². The van der Waals surface area contributed by atoms with Gasteiger partial charge < -0.3 is 15.7 Å². The number of hydrogen-bond acceptors (Lipinski definition) is 6. The SMILES string of the molecule is CCNC(=O)Nc1cnc2ccc(Nc3ccc(Cl)c(O)c3)nc2n1. The Balaban J connectivity index is 1.84. The van der Waals surface area contributed by atoms with Crippen LogP contribution in [0.25, 0.3) is 11.2 Å². The molecule has 2 amide bonds. The molecule has 25 heavy (non-hydrogen) atoms. The Morgan fingerprint density at radius 1 is 1.20 bits per heavy atom. The minimum absolute atomic E-state index is 0.0272. The molecule has 0 spiro atoms. The molecule has 4 N–H and O–H groups in total. The third-order valence-electron chi connectivity index (χ3n) is 3.20. The predicted molar refractivity (Wildman–Crippen MR) is 96.4 cm³/mol. The van der Waals surface area contributed by atoms with Crippen molar-refractivity contribution in [2.24, 2.45) is 0 Å². The van der Waals surface area contributed by atoms with Crippen LogP contribution in [-0.2, 0) is 0 Å². The summed E-state index contributed by atoms with van der Waals surface area (Å²) in [6.07, 6.45) is 1.46. The van der Waals surface area contributed by atoms with E-state index in [0.29, 0.717) is 35.0 Å². The molecule has 1 aromatic carbocycles. The van der Waals surface area contributed by atoms with Gasteiger partial charge in [-0.05, 0) is 31.2 Å². The second-order valence-corrected chi connectivity index (χ2v) is 5.48. The molecule has 0 aliphatic heterocycles. The number of aromatic hydroxyl groups is 1. The lowest BCUT2D eigenvalue weighted by Gasteiger charge is -2.08. The highest BCUT2D eigenvalue weighted by atomic mass is 35.5. The number of urea groups is 1. The number of amides is 2. The molecule has 0 aliphatic rings. The number of carbonyl (C=O) groups is 1. The van der Waals surface area contributed by atoms with E-state index in [-0.39, 0.29) is 16.8 Å². The van der Waals surface area contributed by atoms with Gasteiger partial charge in [0.25, 0.3) is 0 Å². The lowest BCUT2D eigenvalue weighted by atomic mass is 10.3. The Morgan fingerprint density at radius 3 is 2.76 bits per heavy atom. The number of anilines is 3. The zero-order chi connectivity index (χ0) is 17.8. The van der Waals surface area contributed by atoms with E-state index in [9.17, 15) is 9.90 Å². The summed E-state index contributed by atoms with van der Waals surface area (Å²) in [5, 5.41) is 18.2. The lowest BCUT2D eigenvalue weighted by Crippen LogP contribution is -2.28. The van der Waals surface area contributed by atoms with Crippen LogP contribution in [0.5, 0.6) is 5.75 Å². The zero-order valence-electron chi connectivity index (χ0n) is 13.2. The Labute approximate surface area is 148 Å². The number of carbonyl (C=O) groups excluding carboxylic acids is 1. The van der Waals surface area contributed by atoms with Gasteiger partial charge in [-0.1, -0.05) is 11.6 Å². The van der Waals surface area contributed by atoms with Crippen LogP contribution in [0, 0.1) is 0 Å². The average molecular weight is 359 g/mol. The summed E-state index contributed by atoms with van der Waals surface area (Å²) in [4.78, 5) is 24.4. The van der Waals surface area contributed by atoms with Crippen molar-refractivity contribution < 1.29 is 9.90 Å². The van der Waals surface area contributed by atoms with Gasteiger partial charge in [0, 0.05) is 18.3 Å². The van der Waals surface area contributed by atoms with Crippen molar-refractivity contribution in [2.75, 3.05) is 17.2 Å². The smallest absolute Gasteiger partial charge is 0.320 e. The molecule has 0 radical (unpaired) electrons. The number of halogens is 1. The minimum Gasteiger partial charge on any atom is -0.506 e. The minimum atomic E-state index is -0.359. The molecule has 0 aliphatic carbocycles. The molecule has 0 atom stereocenters. The maximum atomic E-state index is 11.6. The largest absolute Gasteiger partial charge is 0.506 e. The number of phenols is 1. The standard InChI is InChI=1S/C16H15ClN6O2/c1-2-18-16(25)23-14-8-19-11-5-6-13(21-15(11)22-14)20-9-3-4-10(17)12(24)7-9/h3-8,24H,2H2,1H3,(H3,18,20,21,22,23,25). The summed E-state index contributed by atoms with van der Waals surface area (Å²) in [7, 11) is 0. The lowest BCUT2D eigenvalue weighted by molar-refractivity contribution is 0.252.